The third-order valence-corrected chi connectivity index (χ3v) is 2.27. The predicted molar refractivity (Wildman–Crippen MR) is 72.8 cm³/mol. The number of carbonyl (C=O) groups excluding carboxylic acids is 1. The number of hydrogen-bond donors (Lipinski definition) is 1. The molecule has 0 radical (unpaired) electrons. The van der Waals surface area contributed by atoms with Crippen LogP contribution in [0.4, 0.5) is 0 Å². The molecule has 4 heteroatoms. The molecule has 0 bridgehead atoms. The van der Waals surface area contributed by atoms with Crippen LogP contribution in [0.5, 0.6) is 0 Å². The normalized spacial score (nSPS) is 14.4. The molecule has 0 spiro atoms. The molecule has 0 aliphatic carbocycles. The minimum Gasteiger partial charge on any atom is -0.313 e. The molecule has 1 N–H and O–H groups in total. The number of rotatable bonds is 5. The largest absolute Gasteiger partial charge is 0.313 e. The monoisotopic (exact) mass is 284 g/mol. The van der Waals surface area contributed by atoms with Crippen LogP contribution in [0.15, 0.2) is 39.4 Å². The summed E-state index contributed by atoms with van der Waals surface area (Å²) in [5.41, 5.74) is 0.891. The predicted octanol–water partition coefficient (Wildman–Crippen LogP) is 2.95. The molecule has 0 aliphatic heterocycles. The van der Waals surface area contributed by atoms with Crippen molar-refractivity contribution < 1.29 is 4.79 Å². The number of halogens is 1. The van der Waals surface area contributed by atoms with E-state index in [9.17, 15) is 4.79 Å². The zero-order valence-electron chi connectivity index (χ0n) is 9.83. The first-order valence-corrected chi connectivity index (χ1v) is 5.83. The summed E-state index contributed by atoms with van der Waals surface area (Å²) in [5, 5.41) is 2.54. The van der Waals surface area contributed by atoms with Gasteiger partial charge in [0.15, 0.2) is 0 Å². The van der Waals surface area contributed by atoms with Crippen LogP contribution >= 0.6 is 15.9 Å². The highest BCUT2D eigenvalue weighted by atomic mass is 79.9. The number of hydrogen-bond acceptors (Lipinski definition) is 2. The smallest absolute Gasteiger partial charge is 0.212 e. The van der Waals surface area contributed by atoms with Crippen molar-refractivity contribution in [3.05, 3.63) is 34.4 Å². The van der Waals surface area contributed by atoms with Crippen molar-refractivity contribution in [1.82, 2.24) is 5.32 Å². The van der Waals surface area contributed by atoms with Gasteiger partial charge >= 0.3 is 0 Å². The Morgan fingerprint density at radius 2 is 2.19 bits per heavy atom. The van der Waals surface area contributed by atoms with Gasteiger partial charge in [0.2, 0.25) is 6.41 Å². The zero-order chi connectivity index (χ0) is 12.4. The number of allylic oxidation sites excluding steroid dienone is 5. The summed E-state index contributed by atoms with van der Waals surface area (Å²) in [4.78, 5) is 14.3. The molecule has 0 saturated heterocycles. The van der Waals surface area contributed by atoms with Crippen molar-refractivity contribution in [3.8, 4) is 0 Å². The third kappa shape index (κ3) is 6.35. The molecule has 88 valence electrons. The summed E-state index contributed by atoms with van der Waals surface area (Å²) in [6.45, 7) is 3.96. The molecule has 1 amide bonds. The van der Waals surface area contributed by atoms with E-state index in [2.05, 4.69) is 39.2 Å². The van der Waals surface area contributed by atoms with Gasteiger partial charge in [0, 0.05) is 11.5 Å². The molecule has 0 aromatic heterocycles. The van der Waals surface area contributed by atoms with Crippen LogP contribution < -0.4 is 5.32 Å². The van der Waals surface area contributed by atoms with E-state index in [1.807, 2.05) is 25.2 Å². The lowest BCUT2D eigenvalue weighted by molar-refractivity contribution is -0.108. The number of nitrogens with zero attached hydrogens (tertiary/aromatic N) is 1. The van der Waals surface area contributed by atoms with E-state index in [0.717, 1.165) is 16.5 Å². The Morgan fingerprint density at radius 1 is 1.50 bits per heavy atom. The van der Waals surface area contributed by atoms with Crippen LogP contribution in [-0.2, 0) is 4.79 Å². The second-order valence-corrected chi connectivity index (χ2v) is 3.97. The second-order valence-electron chi connectivity index (χ2n) is 3.05. The van der Waals surface area contributed by atoms with E-state index in [0.29, 0.717) is 12.2 Å². The van der Waals surface area contributed by atoms with Crippen LogP contribution in [0.1, 0.15) is 20.3 Å². The van der Waals surface area contributed by atoms with Crippen molar-refractivity contribution in [1.29, 1.82) is 0 Å². The fraction of sp³-hybridized carbons (Fsp3) is 0.333. The molecule has 0 heterocycles. The molecule has 0 saturated carbocycles. The van der Waals surface area contributed by atoms with E-state index in [4.69, 9.17) is 0 Å². The highest BCUT2D eigenvalue weighted by molar-refractivity contribution is 9.11. The zero-order valence-corrected chi connectivity index (χ0v) is 11.4. The molecular formula is C12H17BrN2O. The van der Waals surface area contributed by atoms with E-state index in [-0.39, 0.29) is 0 Å². The molecule has 0 aromatic carbocycles. The second kappa shape index (κ2) is 9.09. The van der Waals surface area contributed by atoms with Crippen LogP contribution in [0, 0.1) is 0 Å². The Morgan fingerprint density at radius 3 is 2.69 bits per heavy atom. The summed E-state index contributed by atoms with van der Waals surface area (Å²) in [6, 6.07) is 0. The number of carbonyl (C=O) groups is 1. The molecular weight excluding hydrogens is 268 g/mol. The van der Waals surface area contributed by atoms with Gasteiger partial charge in [-0.05, 0) is 31.1 Å². The maximum absolute atomic E-state index is 10.3. The van der Waals surface area contributed by atoms with Gasteiger partial charge in [0.05, 0.1) is 0 Å². The number of amidine groups is 1. The van der Waals surface area contributed by atoms with Crippen molar-refractivity contribution in [2.45, 2.75) is 20.3 Å². The van der Waals surface area contributed by atoms with E-state index in [1.165, 1.54) is 0 Å². The quantitative estimate of drug-likeness (QED) is 0.359. The Hall–Kier alpha value is -1.16. The average molecular weight is 285 g/mol. The van der Waals surface area contributed by atoms with Crippen LogP contribution in [0.2, 0.25) is 0 Å². The minimum absolute atomic E-state index is 0.569. The lowest BCUT2D eigenvalue weighted by Gasteiger charge is -2.03. The van der Waals surface area contributed by atoms with Gasteiger partial charge < -0.3 is 5.32 Å². The summed E-state index contributed by atoms with van der Waals surface area (Å²) in [5.74, 6) is 0.569. The number of amides is 1. The molecule has 0 rings (SSSR count). The highest BCUT2D eigenvalue weighted by Gasteiger charge is 1.99. The summed E-state index contributed by atoms with van der Waals surface area (Å²) in [6.07, 6.45) is 9.51. The SMILES string of the molecule is CC/C=C/C=C(Br)\C=C(C)/C(=N/C)NC=O. The first-order chi connectivity index (χ1) is 7.65. The first kappa shape index (κ1) is 14.8. The Balaban J connectivity index is 4.68. The molecule has 3 nitrogen and oxygen atoms in total. The summed E-state index contributed by atoms with van der Waals surface area (Å²) < 4.78 is 0.934. The highest BCUT2D eigenvalue weighted by Crippen LogP contribution is 2.10. The summed E-state index contributed by atoms with van der Waals surface area (Å²) >= 11 is 3.42. The van der Waals surface area contributed by atoms with Crippen molar-refractivity contribution >= 4 is 28.2 Å². The van der Waals surface area contributed by atoms with E-state index >= 15 is 0 Å². The van der Waals surface area contributed by atoms with Gasteiger partial charge in [-0.15, -0.1) is 0 Å². The van der Waals surface area contributed by atoms with E-state index < -0.39 is 0 Å². The number of nitrogens with one attached hydrogen (secondary N) is 1. The molecule has 0 aromatic rings. The van der Waals surface area contributed by atoms with E-state index in [1.54, 1.807) is 7.05 Å². The lowest BCUT2D eigenvalue weighted by atomic mass is 10.2. The standard InChI is InChI=1S/C12H17BrN2O/c1-4-5-6-7-11(13)8-10(2)12(14-3)15-9-16/h5-9H,4H2,1-3H3,(H,14,15,16)/b6-5+,10-8-,11-7+. The van der Waals surface area contributed by atoms with Gasteiger partial charge in [-0.3, -0.25) is 9.79 Å². The maximum Gasteiger partial charge on any atom is 0.212 e. The average Bonchev–Trinajstić information content (AvgIpc) is 2.26. The maximum atomic E-state index is 10.3. The third-order valence-electron chi connectivity index (χ3n) is 1.77. The van der Waals surface area contributed by atoms with Crippen molar-refractivity contribution in [3.63, 3.8) is 0 Å². The number of aliphatic imine (C=N–C) groups is 1. The van der Waals surface area contributed by atoms with Crippen molar-refractivity contribution in [2.75, 3.05) is 7.05 Å². The van der Waals surface area contributed by atoms with Crippen LogP contribution in [0.3, 0.4) is 0 Å². The lowest BCUT2D eigenvalue weighted by Crippen LogP contribution is -2.22. The molecule has 0 aliphatic rings. The van der Waals surface area contributed by atoms with Crippen LogP contribution in [0.25, 0.3) is 0 Å². The van der Waals surface area contributed by atoms with Gasteiger partial charge in [-0.2, -0.15) is 0 Å². The van der Waals surface area contributed by atoms with Crippen molar-refractivity contribution in [2.24, 2.45) is 4.99 Å². The summed E-state index contributed by atoms with van der Waals surface area (Å²) in [7, 11) is 1.64. The van der Waals surface area contributed by atoms with Crippen LogP contribution in [-0.4, -0.2) is 19.3 Å². The Labute approximate surface area is 105 Å². The van der Waals surface area contributed by atoms with Gasteiger partial charge in [-0.25, -0.2) is 0 Å². The fourth-order valence-corrected chi connectivity index (χ4v) is 1.53. The Kier molecular flexibility index (Phi) is 8.43. The Bertz CT molecular complexity index is 341. The van der Waals surface area contributed by atoms with Gasteiger partial charge in [0.25, 0.3) is 0 Å². The molecule has 16 heavy (non-hydrogen) atoms. The fourth-order valence-electron chi connectivity index (χ4n) is 1.03. The molecule has 0 fully saturated rings. The van der Waals surface area contributed by atoms with Gasteiger partial charge in [-0.1, -0.05) is 35.0 Å². The topological polar surface area (TPSA) is 41.5 Å². The minimum atomic E-state index is 0.569. The molecule has 0 unspecified atom stereocenters. The van der Waals surface area contributed by atoms with Gasteiger partial charge in [0.1, 0.15) is 5.84 Å². The molecule has 0 atom stereocenters. The first-order valence-electron chi connectivity index (χ1n) is 5.03.